The SMILES string of the molecule is CC[C@H]1C=CCC[C@@]2(C[C@@H]3CC[C@@H]4[C@H](C(=O)OCCCCCCCCCCCCCCCC(=O)N(CCC[NH3+])CCCC[NH3+])[C@]5(CCC[C@@H](C)O5)NC(=[N+]34)N2)O1. The summed E-state index contributed by atoms with van der Waals surface area (Å²) in [5, 5.41) is 7.68. The van der Waals surface area contributed by atoms with Crippen LogP contribution in [0.4, 0.5) is 0 Å². The van der Waals surface area contributed by atoms with Crippen molar-refractivity contribution >= 4 is 17.8 Å². The quantitative estimate of drug-likeness (QED) is 0.0401. The van der Waals surface area contributed by atoms with Gasteiger partial charge in [0.05, 0.1) is 44.0 Å². The molecule has 0 unspecified atom stereocenters. The van der Waals surface area contributed by atoms with Gasteiger partial charge in [0.15, 0.2) is 11.6 Å². The van der Waals surface area contributed by atoms with Crippen molar-refractivity contribution in [3.63, 3.8) is 0 Å². The Morgan fingerprint density at radius 1 is 0.839 bits per heavy atom. The molecule has 2 spiro atoms. The fraction of sp³-hybridized carbons (Fsp3) is 0.889. The number of carbonyl (C=O) groups excluding carboxylic acids is 2. The van der Waals surface area contributed by atoms with Gasteiger partial charge in [0.25, 0.3) is 0 Å². The first-order valence-corrected chi connectivity index (χ1v) is 23.6. The summed E-state index contributed by atoms with van der Waals surface area (Å²) in [7, 11) is 0. The zero-order chi connectivity index (χ0) is 39.6. The number of esters is 1. The molecule has 5 heterocycles. The molecule has 5 aliphatic heterocycles. The Balaban J connectivity index is 0.944. The topological polar surface area (TPSA) is 147 Å². The molecule has 2 fully saturated rings. The van der Waals surface area contributed by atoms with Gasteiger partial charge in [0, 0.05) is 45.2 Å². The average Bonchev–Trinajstić information content (AvgIpc) is 3.49. The first-order valence-electron chi connectivity index (χ1n) is 23.6. The predicted molar refractivity (Wildman–Crippen MR) is 221 cm³/mol. The summed E-state index contributed by atoms with van der Waals surface area (Å²) in [5.41, 5.74) is 6.72. The standard InChI is InChI=1S/C45H80N6O5/c1-3-38-24-16-17-28-44(56-38)35-37-26-27-39-41(45(29-21-23-36(2)55-45)49-43(48-44)51(37)39)42(53)54-34-20-14-12-10-8-6-4-5-7-9-11-13-15-25-40(52)50(33-22-31-47)32-19-18-30-46/h16,24,36-39,41H,3-15,17-23,25-35,46-47H2,1-2H3,(H,48,49)/p+3/t36-,37+,38+,39-,41-,44+,45-/m1/s1. The highest BCUT2D eigenvalue weighted by Crippen LogP contribution is 2.45. The molecule has 0 bridgehead atoms. The third-order valence-corrected chi connectivity index (χ3v) is 13.3. The Bertz CT molecular complexity index is 1260. The van der Waals surface area contributed by atoms with E-state index in [0.717, 1.165) is 128 Å². The molecule has 56 heavy (non-hydrogen) atoms. The molecule has 0 aromatic heterocycles. The van der Waals surface area contributed by atoms with E-state index in [1.807, 2.05) is 0 Å². The molecule has 0 saturated carbocycles. The van der Waals surface area contributed by atoms with E-state index in [2.05, 4.69) is 57.6 Å². The summed E-state index contributed by atoms with van der Waals surface area (Å²) in [6.07, 6.45) is 33.0. The Hall–Kier alpha value is -2.21. The summed E-state index contributed by atoms with van der Waals surface area (Å²) in [6.45, 7) is 8.41. The average molecular weight is 788 g/mol. The van der Waals surface area contributed by atoms with Gasteiger partial charge in [-0.15, -0.1) is 0 Å². The van der Waals surface area contributed by atoms with Crippen molar-refractivity contribution in [2.45, 2.75) is 217 Å². The lowest BCUT2D eigenvalue weighted by molar-refractivity contribution is -0.609. The van der Waals surface area contributed by atoms with Crippen LogP contribution < -0.4 is 22.1 Å². The minimum atomic E-state index is -0.750. The second-order valence-corrected chi connectivity index (χ2v) is 17.9. The summed E-state index contributed by atoms with van der Waals surface area (Å²) in [4.78, 5) is 28.8. The number of hydrogen-bond donors (Lipinski definition) is 4. The van der Waals surface area contributed by atoms with Gasteiger partial charge in [0.2, 0.25) is 11.6 Å². The van der Waals surface area contributed by atoms with Gasteiger partial charge in [0.1, 0.15) is 0 Å². The first kappa shape index (κ1) is 44.9. The highest BCUT2D eigenvalue weighted by Gasteiger charge is 2.64. The van der Waals surface area contributed by atoms with E-state index in [1.165, 1.54) is 64.2 Å². The summed E-state index contributed by atoms with van der Waals surface area (Å²) >= 11 is 0. The molecular formula is C45H83N6O5+3. The summed E-state index contributed by atoms with van der Waals surface area (Å²) < 4.78 is 22.2. The molecule has 1 amide bonds. The lowest BCUT2D eigenvalue weighted by Crippen LogP contribution is -2.76. The third-order valence-electron chi connectivity index (χ3n) is 13.3. The number of rotatable bonds is 25. The molecular weight excluding hydrogens is 705 g/mol. The normalized spacial score (nSPS) is 29.5. The monoisotopic (exact) mass is 788 g/mol. The van der Waals surface area contributed by atoms with E-state index in [4.69, 9.17) is 14.2 Å². The van der Waals surface area contributed by atoms with Gasteiger partial charge in [-0.05, 0) is 71.1 Å². The fourth-order valence-corrected chi connectivity index (χ4v) is 10.3. The van der Waals surface area contributed by atoms with Crippen LogP contribution in [0.3, 0.4) is 0 Å². The van der Waals surface area contributed by atoms with Crippen molar-refractivity contribution in [3.05, 3.63) is 12.2 Å². The van der Waals surface area contributed by atoms with Gasteiger partial charge < -0.3 is 30.6 Å². The van der Waals surface area contributed by atoms with Crippen molar-refractivity contribution < 1.29 is 39.8 Å². The van der Waals surface area contributed by atoms with Crippen LogP contribution in [-0.2, 0) is 23.8 Å². The Morgan fingerprint density at radius 2 is 1.52 bits per heavy atom. The number of ether oxygens (including phenoxy) is 3. The van der Waals surface area contributed by atoms with Crippen molar-refractivity contribution in [2.24, 2.45) is 5.92 Å². The number of allylic oxidation sites excluding steroid dienone is 1. The summed E-state index contributed by atoms with van der Waals surface area (Å²) in [6, 6.07) is 0.411. The predicted octanol–water partition coefficient (Wildman–Crippen LogP) is 5.71. The fourth-order valence-electron chi connectivity index (χ4n) is 10.3. The second-order valence-electron chi connectivity index (χ2n) is 17.9. The molecule has 5 aliphatic rings. The highest BCUT2D eigenvalue weighted by atomic mass is 16.6. The minimum absolute atomic E-state index is 0.0728. The van der Waals surface area contributed by atoms with E-state index in [-0.39, 0.29) is 30.1 Å². The van der Waals surface area contributed by atoms with Crippen LogP contribution in [0.15, 0.2) is 12.2 Å². The highest BCUT2D eigenvalue weighted by molar-refractivity contribution is 5.82. The molecule has 0 aliphatic carbocycles. The largest absolute Gasteiger partial charge is 0.465 e. The molecule has 320 valence electrons. The smallest absolute Gasteiger partial charge is 0.350 e. The Labute approximate surface area is 339 Å². The van der Waals surface area contributed by atoms with Crippen molar-refractivity contribution in [1.29, 1.82) is 0 Å². The van der Waals surface area contributed by atoms with Crippen LogP contribution in [0.2, 0.25) is 0 Å². The number of amides is 1. The lowest BCUT2D eigenvalue weighted by atomic mass is 9.80. The molecule has 11 nitrogen and oxygen atoms in total. The van der Waals surface area contributed by atoms with Crippen LogP contribution in [-0.4, -0.2) is 95.8 Å². The van der Waals surface area contributed by atoms with Gasteiger partial charge >= 0.3 is 11.9 Å². The number of quaternary nitrogens is 2. The van der Waals surface area contributed by atoms with Crippen LogP contribution in [0.1, 0.15) is 181 Å². The van der Waals surface area contributed by atoms with Crippen molar-refractivity contribution in [3.8, 4) is 0 Å². The zero-order valence-electron chi connectivity index (χ0n) is 35.8. The number of hydrogen-bond acceptors (Lipinski definition) is 7. The summed E-state index contributed by atoms with van der Waals surface area (Å²) in [5.74, 6) is 0.897. The lowest BCUT2D eigenvalue weighted by Gasteiger charge is -2.50. The first-order chi connectivity index (χ1) is 27.3. The Kier molecular flexibility index (Phi) is 18.8. The molecule has 0 aromatic carbocycles. The van der Waals surface area contributed by atoms with Gasteiger partial charge in [-0.1, -0.05) is 89.7 Å². The minimum Gasteiger partial charge on any atom is -0.465 e. The van der Waals surface area contributed by atoms with Crippen LogP contribution in [0.5, 0.6) is 0 Å². The van der Waals surface area contributed by atoms with Crippen molar-refractivity contribution in [2.75, 3.05) is 32.8 Å². The maximum Gasteiger partial charge on any atom is 0.350 e. The molecule has 0 aromatic rings. The van der Waals surface area contributed by atoms with Crippen LogP contribution in [0.25, 0.3) is 0 Å². The van der Waals surface area contributed by atoms with Crippen molar-refractivity contribution in [1.82, 2.24) is 15.5 Å². The third kappa shape index (κ3) is 12.6. The molecule has 11 heteroatoms. The number of nitrogens with zero attached hydrogens (tertiary/aromatic N) is 2. The van der Waals surface area contributed by atoms with Crippen LogP contribution >= 0.6 is 0 Å². The van der Waals surface area contributed by atoms with Crippen LogP contribution in [0, 0.1) is 5.92 Å². The van der Waals surface area contributed by atoms with Gasteiger partial charge in [-0.25, -0.2) is 10.6 Å². The zero-order valence-corrected chi connectivity index (χ0v) is 35.8. The van der Waals surface area contributed by atoms with E-state index in [0.29, 0.717) is 25.0 Å². The molecule has 0 radical (unpaired) electrons. The maximum absolute atomic E-state index is 14.1. The van der Waals surface area contributed by atoms with E-state index >= 15 is 0 Å². The maximum atomic E-state index is 14.1. The van der Waals surface area contributed by atoms with E-state index in [1.54, 1.807) is 0 Å². The molecule has 8 N–H and O–H groups in total. The number of nitrogens with one attached hydrogen (secondary N) is 2. The van der Waals surface area contributed by atoms with E-state index < -0.39 is 11.4 Å². The number of guanidine groups is 1. The van der Waals surface area contributed by atoms with Gasteiger partial charge in [-0.3, -0.25) is 14.2 Å². The number of unbranched alkanes of at least 4 members (excludes halogenated alkanes) is 13. The number of carbonyl (C=O) groups is 2. The second kappa shape index (κ2) is 23.4. The molecule has 7 atom stereocenters. The van der Waals surface area contributed by atoms with E-state index in [9.17, 15) is 9.59 Å². The molecule has 2 saturated heterocycles. The Morgan fingerprint density at radius 3 is 2.20 bits per heavy atom. The molecule has 5 rings (SSSR count). The van der Waals surface area contributed by atoms with Gasteiger partial charge in [-0.2, -0.15) is 0 Å².